The van der Waals surface area contributed by atoms with E-state index in [0.29, 0.717) is 23.6 Å². The summed E-state index contributed by atoms with van der Waals surface area (Å²) in [5.74, 6) is 2.04. The molecule has 1 fully saturated rings. The zero-order chi connectivity index (χ0) is 16.1. The first-order valence-electron chi connectivity index (χ1n) is 7.99. The first-order valence-corrected chi connectivity index (χ1v) is 7.99. The summed E-state index contributed by atoms with van der Waals surface area (Å²) in [5.41, 5.74) is 6.79. The van der Waals surface area contributed by atoms with Gasteiger partial charge in [-0.15, -0.1) is 5.11 Å². The molecule has 1 heterocycles. The fourth-order valence-corrected chi connectivity index (χ4v) is 2.85. The van der Waals surface area contributed by atoms with Crippen LogP contribution in [-0.2, 0) is 0 Å². The van der Waals surface area contributed by atoms with E-state index < -0.39 is 0 Å². The van der Waals surface area contributed by atoms with E-state index in [0.717, 1.165) is 11.4 Å². The lowest BCUT2D eigenvalue weighted by Gasteiger charge is -2.09. The normalized spacial score (nSPS) is 21.7. The Hall–Kier alpha value is -2.08. The van der Waals surface area contributed by atoms with Crippen LogP contribution in [-0.4, -0.2) is 19.0 Å². The van der Waals surface area contributed by atoms with Crippen LogP contribution in [0.15, 0.2) is 51.4 Å². The van der Waals surface area contributed by atoms with Gasteiger partial charge in [-0.05, 0) is 25.0 Å². The average Bonchev–Trinajstić information content (AvgIpc) is 3.28. The molecule has 23 heavy (non-hydrogen) atoms. The molecule has 1 saturated carbocycles. The van der Waals surface area contributed by atoms with Crippen LogP contribution in [0.3, 0.4) is 0 Å². The zero-order valence-corrected chi connectivity index (χ0v) is 13.0. The Morgan fingerprint density at radius 3 is 2.65 bits per heavy atom. The molecule has 0 amide bonds. The molecule has 1 aromatic rings. The lowest BCUT2D eigenvalue weighted by atomic mass is 10.1. The van der Waals surface area contributed by atoms with Gasteiger partial charge in [0.05, 0.1) is 6.33 Å². The van der Waals surface area contributed by atoms with Gasteiger partial charge in [-0.2, -0.15) is 5.11 Å². The van der Waals surface area contributed by atoms with Crippen molar-refractivity contribution in [3.05, 3.63) is 41.7 Å². The number of hydrogen-bond acceptors (Lipinski definition) is 5. The van der Waals surface area contributed by atoms with Gasteiger partial charge in [-0.3, -0.25) is 0 Å². The van der Waals surface area contributed by atoms with Crippen LogP contribution in [0.5, 0.6) is 5.75 Å². The summed E-state index contributed by atoms with van der Waals surface area (Å²) in [6.45, 7) is 0.301. The second-order valence-corrected chi connectivity index (χ2v) is 5.89. The molecular formula is C17H21FN4O. The fraction of sp³-hybridized carbons (Fsp3) is 0.471. The summed E-state index contributed by atoms with van der Waals surface area (Å²) in [6, 6.07) is 7.50. The second-order valence-electron chi connectivity index (χ2n) is 5.89. The highest BCUT2D eigenvalue weighted by atomic mass is 19.1. The Labute approximate surface area is 135 Å². The number of amidine groups is 1. The number of aliphatic imine (C=N–C) groups is 1. The maximum absolute atomic E-state index is 12.4. The van der Waals surface area contributed by atoms with Gasteiger partial charge >= 0.3 is 0 Å². The Kier molecular flexibility index (Phi) is 5.12. The number of nitrogens with two attached hydrogens (primary N) is 1. The highest BCUT2D eigenvalue weighted by molar-refractivity contribution is 5.86. The number of benzene rings is 1. The van der Waals surface area contributed by atoms with E-state index in [1.54, 1.807) is 0 Å². The molecule has 1 unspecified atom stereocenters. The van der Waals surface area contributed by atoms with Gasteiger partial charge in [0.25, 0.3) is 0 Å². The van der Waals surface area contributed by atoms with Gasteiger partial charge in [0.15, 0.2) is 12.0 Å². The van der Waals surface area contributed by atoms with Crippen molar-refractivity contribution in [3.8, 4) is 5.75 Å². The van der Waals surface area contributed by atoms with Crippen LogP contribution in [0, 0.1) is 5.92 Å². The third-order valence-electron chi connectivity index (χ3n) is 4.26. The van der Waals surface area contributed by atoms with Crippen LogP contribution in [0.1, 0.15) is 37.4 Å². The van der Waals surface area contributed by atoms with Gasteiger partial charge in [-0.1, -0.05) is 25.0 Å². The maximum Gasteiger partial charge on any atom is 0.188 e. The topological polar surface area (TPSA) is 72.3 Å². The molecule has 1 aliphatic carbocycles. The first-order chi connectivity index (χ1) is 11.3. The van der Waals surface area contributed by atoms with Gasteiger partial charge in [0.2, 0.25) is 0 Å². The molecule has 2 N–H and O–H groups in total. The summed E-state index contributed by atoms with van der Waals surface area (Å²) in [4.78, 5) is 4.64. The Morgan fingerprint density at radius 2 is 2.00 bits per heavy atom. The highest BCUT2D eigenvalue weighted by Crippen LogP contribution is 2.33. The van der Waals surface area contributed by atoms with E-state index in [4.69, 9.17) is 10.5 Å². The molecule has 0 aromatic heterocycles. The van der Waals surface area contributed by atoms with E-state index in [2.05, 4.69) is 15.2 Å². The second kappa shape index (κ2) is 7.46. The van der Waals surface area contributed by atoms with Crippen molar-refractivity contribution in [2.24, 2.45) is 26.9 Å². The number of halogens is 1. The first kappa shape index (κ1) is 15.8. The van der Waals surface area contributed by atoms with Crippen LogP contribution in [0.2, 0.25) is 0 Å². The molecule has 5 nitrogen and oxygen atoms in total. The SMILES string of the molecule is NC/C(=C/F)COc1ccc(C2N=NC(C3CCCC3)=N2)cc1. The van der Waals surface area contributed by atoms with Crippen molar-refractivity contribution in [2.75, 3.05) is 13.2 Å². The van der Waals surface area contributed by atoms with Crippen molar-refractivity contribution in [1.29, 1.82) is 0 Å². The number of azo groups is 1. The third kappa shape index (κ3) is 3.82. The molecule has 6 heteroatoms. The molecule has 1 aliphatic heterocycles. The summed E-state index contributed by atoms with van der Waals surface area (Å²) in [6.07, 6.45) is 5.10. The quantitative estimate of drug-likeness (QED) is 0.863. The van der Waals surface area contributed by atoms with E-state index in [-0.39, 0.29) is 19.3 Å². The molecule has 1 atom stereocenters. The van der Waals surface area contributed by atoms with Crippen LogP contribution >= 0.6 is 0 Å². The minimum Gasteiger partial charge on any atom is -0.489 e. The molecule has 0 spiro atoms. The number of nitrogens with zero attached hydrogens (tertiary/aromatic N) is 3. The van der Waals surface area contributed by atoms with Crippen molar-refractivity contribution in [3.63, 3.8) is 0 Å². The summed E-state index contributed by atoms with van der Waals surface area (Å²) in [5, 5.41) is 8.53. The van der Waals surface area contributed by atoms with Gasteiger partial charge in [0, 0.05) is 23.6 Å². The predicted octanol–water partition coefficient (Wildman–Crippen LogP) is 3.93. The van der Waals surface area contributed by atoms with Crippen LogP contribution in [0.4, 0.5) is 4.39 Å². The number of ether oxygens (including phenoxy) is 1. The molecule has 0 saturated heterocycles. The van der Waals surface area contributed by atoms with Crippen LogP contribution < -0.4 is 10.5 Å². The average molecular weight is 316 g/mol. The molecule has 122 valence electrons. The molecule has 3 rings (SSSR count). The monoisotopic (exact) mass is 316 g/mol. The van der Waals surface area contributed by atoms with E-state index in [1.807, 2.05) is 24.3 Å². The largest absolute Gasteiger partial charge is 0.489 e. The minimum absolute atomic E-state index is 0.149. The standard InChI is InChI=1S/C17H21FN4O/c18-9-12(10-19)11-23-15-7-5-14(6-8-15)17-20-16(21-22-17)13-3-1-2-4-13/h5-9,13,17H,1-4,10-11,19H2/b12-9-. The lowest BCUT2D eigenvalue weighted by molar-refractivity contribution is 0.347. The molecule has 2 aliphatic rings. The Balaban J connectivity index is 1.60. The van der Waals surface area contributed by atoms with Crippen LogP contribution in [0.25, 0.3) is 0 Å². The van der Waals surface area contributed by atoms with Gasteiger partial charge < -0.3 is 10.5 Å². The molecule has 0 bridgehead atoms. The van der Waals surface area contributed by atoms with Crippen molar-refractivity contribution >= 4 is 5.84 Å². The Bertz CT molecular complexity index is 618. The zero-order valence-electron chi connectivity index (χ0n) is 13.0. The Morgan fingerprint density at radius 1 is 1.26 bits per heavy atom. The molecule has 1 aromatic carbocycles. The molecule has 0 radical (unpaired) electrons. The van der Waals surface area contributed by atoms with Crippen molar-refractivity contribution < 1.29 is 9.13 Å². The van der Waals surface area contributed by atoms with E-state index in [9.17, 15) is 4.39 Å². The lowest BCUT2D eigenvalue weighted by Crippen LogP contribution is -2.10. The van der Waals surface area contributed by atoms with Gasteiger partial charge in [0.1, 0.15) is 12.4 Å². The summed E-state index contributed by atoms with van der Waals surface area (Å²) < 4.78 is 17.9. The number of rotatable bonds is 6. The summed E-state index contributed by atoms with van der Waals surface area (Å²) >= 11 is 0. The fourth-order valence-electron chi connectivity index (χ4n) is 2.85. The van der Waals surface area contributed by atoms with E-state index >= 15 is 0 Å². The smallest absolute Gasteiger partial charge is 0.188 e. The molecular weight excluding hydrogens is 295 g/mol. The van der Waals surface area contributed by atoms with E-state index in [1.165, 1.54) is 25.7 Å². The highest BCUT2D eigenvalue weighted by Gasteiger charge is 2.25. The maximum atomic E-state index is 12.4. The number of hydrogen-bond donors (Lipinski definition) is 1. The third-order valence-corrected chi connectivity index (χ3v) is 4.26. The summed E-state index contributed by atoms with van der Waals surface area (Å²) in [7, 11) is 0. The predicted molar refractivity (Wildman–Crippen MR) is 87.2 cm³/mol. The van der Waals surface area contributed by atoms with Gasteiger partial charge in [-0.25, -0.2) is 9.38 Å². The van der Waals surface area contributed by atoms with Crippen molar-refractivity contribution in [1.82, 2.24) is 0 Å². The van der Waals surface area contributed by atoms with Crippen molar-refractivity contribution in [2.45, 2.75) is 31.8 Å². The minimum atomic E-state index is -0.245.